The quantitative estimate of drug-likeness (QED) is 0.787. The molecular weight excluding hydrogens is 282 g/mol. The Morgan fingerprint density at radius 2 is 1.91 bits per heavy atom. The number of carbonyl (C=O) groups is 2. The summed E-state index contributed by atoms with van der Waals surface area (Å²) in [5.74, 6) is -0.358. The number of ether oxygens (including phenoxy) is 2. The molecular formula is C17H25NO4. The lowest BCUT2D eigenvalue weighted by molar-refractivity contribution is -0.111. The smallest absolute Gasteiger partial charge is 0.407 e. The lowest BCUT2D eigenvalue weighted by Gasteiger charge is -2.25. The summed E-state index contributed by atoms with van der Waals surface area (Å²) in [6, 6.07) is 9.30. The van der Waals surface area contributed by atoms with Crippen molar-refractivity contribution in [2.24, 2.45) is 5.92 Å². The van der Waals surface area contributed by atoms with Gasteiger partial charge in [-0.05, 0) is 26.3 Å². The van der Waals surface area contributed by atoms with Crippen molar-refractivity contribution >= 4 is 12.4 Å². The van der Waals surface area contributed by atoms with E-state index >= 15 is 0 Å². The average Bonchev–Trinajstić information content (AvgIpc) is 2.44. The maximum absolute atomic E-state index is 11.8. The van der Waals surface area contributed by atoms with E-state index in [2.05, 4.69) is 5.32 Å². The summed E-state index contributed by atoms with van der Waals surface area (Å²) in [7, 11) is 0. The fraction of sp³-hybridized carbons (Fsp3) is 0.529. The number of hydrogen-bond acceptors (Lipinski definition) is 4. The van der Waals surface area contributed by atoms with Crippen molar-refractivity contribution in [1.29, 1.82) is 0 Å². The van der Waals surface area contributed by atoms with Gasteiger partial charge in [-0.1, -0.05) is 37.3 Å². The molecule has 5 nitrogen and oxygen atoms in total. The normalized spacial score (nSPS) is 14.0. The Bertz CT molecular complexity index is 467. The Balaban J connectivity index is 2.50. The molecule has 122 valence electrons. The molecule has 0 fully saturated rings. The summed E-state index contributed by atoms with van der Waals surface area (Å²) in [6.45, 7) is 7.78. The van der Waals surface area contributed by atoms with Crippen LogP contribution in [0.2, 0.25) is 0 Å². The summed E-state index contributed by atoms with van der Waals surface area (Å²) in [5, 5.41) is 2.69. The second kappa shape index (κ2) is 8.54. The molecule has 0 saturated carbocycles. The Kier molecular flexibility index (Phi) is 7.05. The van der Waals surface area contributed by atoms with Crippen molar-refractivity contribution in [1.82, 2.24) is 5.32 Å². The minimum Gasteiger partial charge on any atom is -0.444 e. The van der Waals surface area contributed by atoms with E-state index in [4.69, 9.17) is 9.47 Å². The number of hydrogen-bond donors (Lipinski definition) is 1. The van der Waals surface area contributed by atoms with Crippen LogP contribution in [0.1, 0.15) is 33.3 Å². The summed E-state index contributed by atoms with van der Waals surface area (Å²) >= 11 is 0. The van der Waals surface area contributed by atoms with Crippen molar-refractivity contribution in [2.75, 3.05) is 6.61 Å². The van der Waals surface area contributed by atoms with Gasteiger partial charge in [0.2, 0.25) is 0 Å². The van der Waals surface area contributed by atoms with E-state index in [1.807, 2.05) is 30.3 Å². The number of alkyl carbamates (subject to hydrolysis) is 1. The standard InChI is InChI=1S/C17H25NO4/c1-13(10-19)15(18-16(20)22-17(2,3)4)12-21-11-14-8-6-5-7-9-14/h5-10,13,15H,11-12H2,1-4H3,(H,18,20)/t13-,15-/m0/s1. The zero-order valence-corrected chi connectivity index (χ0v) is 13.7. The highest BCUT2D eigenvalue weighted by Gasteiger charge is 2.23. The van der Waals surface area contributed by atoms with Crippen LogP contribution in [0.3, 0.4) is 0 Å². The molecule has 1 N–H and O–H groups in total. The molecule has 1 aromatic carbocycles. The molecule has 5 heteroatoms. The minimum atomic E-state index is -0.579. The van der Waals surface area contributed by atoms with Gasteiger partial charge in [-0.15, -0.1) is 0 Å². The Hall–Kier alpha value is -1.88. The SMILES string of the molecule is C[C@@H](C=O)[C@H](COCc1ccccc1)NC(=O)OC(C)(C)C. The Morgan fingerprint density at radius 3 is 2.45 bits per heavy atom. The van der Waals surface area contributed by atoms with E-state index in [1.54, 1.807) is 27.7 Å². The van der Waals surface area contributed by atoms with E-state index in [0.29, 0.717) is 6.61 Å². The maximum Gasteiger partial charge on any atom is 0.407 e. The van der Waals surface area contributed by atoms with Gasteiger partial charge >= 0.3 is 6.09 Å². The number of nitrogens with one attached hydrogen (secondary N) is 1. The Morgan fingerprint density at radius 1 is 1.27 bits per heavy atom. The average molecular weight is 307 g/mol. The molecule has 1 amide bonds. The van der Waals surface area contributed by atoms with Crippen molar-refractivity contribution < 1.29 is 19.1 Å². The second-order valence-electron chi connectivity index (χ2n) is 6.25. The third-order valence-corrected chi connectivity index (χ3v) is 2.96. The highest BCUT2D eigenvalue weighted by atomic mass is 16.6. The van der Waals surface area contributed by atoms with Crippen LogP contribution in [0.25, 0.3) is 0 Å². The summed E-state index contributed by atoms with van der Waals surface area (Å²) in [5.41, 5.74) is 0.460. The number of aldehydes is 1. The van der Waals surface area contributed by atoms with Crippen LogP contribution in [-0.4, -0.2) is 30.6 Å². The van der Waals surface area contributed by atoms with E-state index in [9.17, 15) is 9.59 Å². The van der Waals surface area contributed by atoms with E-state index in [0.717, 1.165) is 11.8 Å². The first kappa shape index (κ1) is 18.2. The first-order valence-corrected chi connectivity index (χ1v) is 7.38. The molecule has 0 aromatic heterocycles. The van der Waals surface area contributed by atoms with Crippen LogP contribution in [0.15, 0.2) is 30.3 Å². The van der Waals surface area contributed by atoms with Crippen molar-refractivity contribution in [3.05, 3.63) is 35.9 Å². The maximum atomic E-state index is 11.8. The molecule has 0 saturated heterocycles. The monoisotopic (exact) mass is 307 g/mol. The van der Waals surface area contributed by atoms with Crippen LogP contribution in [0, 0.1) is 5.92 Å². The van der Waals surface area contributed by atoms with Gasteiger partial charge in [0, 0.05) is 5.92 Å². The van der Waals surface area contributed by atoms with E-state index in [-0.39, 0.29) is 12.5 Å². The van der Waals surface area contributed by atoms with Crippen LogP contribution in [0.4, 0.5) is 4.79 Å². The highest BCUT2D eigenvalue weighted by molar-refractivity contribution is 5.69. The third kappa shape index (κ3) is 7.22. The predicted molar refractivity (Wildman–Crippen MR) is 84.5 cm³/mol. The van der Waals surface area contributed by atoms with Gasteiger partial charge in [-0.25, -0.2) is 4.79 Å². The van der Waals surface area contributed by atoms with Crippen molar-refractivity contribution in [2.45, 2.75) is 45.9 Å². The molecule has 2 atom stereocenters. The molecule has 0 unspecified atom stereocenters. The first-order valence-electron chi connectivity index (χ1n) is 7.38. The second-order valence-corrected chi connectivity index (χ2v) is 6.25. The van der Waals surface area contributed by atoms with Crippen molar-refractivity contribution in [3.8, 4) is 0 Å². The molecule has 0 spiro atoms. The van der Waals surface area contributed by atoms with E-state index < -0.39 is 17.7 Å². The largest absolute Gasteiger partial charge is 0.444 e. The van der Waals surface area contributed by atoms with Gasteiger partial charge in [0.15, 0.2) is 0 Å². The Labute approximate surface area is 132 Å². The zero-order valence-electron chi connectivity index (χ0n) is 13.7. The summed E-state index contributed by atoms with van der Waals surface area (Å²) < 4.78 is 10.8. The van der Waals surface area contributed by atoms with E-state index in [1.165, 1.54) is 0 Å². The third-order valence-electron chi connectivity index (χ3n) is 2.96. The molecule has 1 aromatic rings. The number of benzene rings is 1. The molecule has 0 heterocycles. The predicted octanol–water partition coefficient (Wildman–Crippen LogP) is 2.93. The number of amides is 1. The lowest BCUT2D eigenvalue weighted by atomic mass is 10.1. The molecule has 0 aliphatic rings. The molecule has 1 rings (SSSR count). The van der Waals surface area contributed by atoms with Gasteiger partial charge in [0.1, 0.15) is 11.9 Å². The summed E-state index contributed by atoms with van der Waals surface area (Å²) in [4.78, 5) is 22.8. The fourth-order valence-corrected chi connectivity index (χ4v) is 1.76. The fourth-order valence-electron chi connectivity index (χ4n) is 1.76. The van der Waals surface area contributed by atoms with Crippen molar-refractivity contribution in [3.63, 3.8) is 0 Å². The van der Waals surface area contributed by atoms with Gasteiger partial charge in [-0.3, -0.25) is 0 Å². The number of carbonyl (C=O) groups excluding carboxylic acids is 2. The van der Waals surface area contributed by atoms with Gasteiger partial charge in [0.05, 0.1) is 19.3 Å². The molecule has 0 aliphatic carbocycles. The van der Waals surface area contributed by atoms with Gasteiger partial charge in [0.25, 0.3) is 0 Å². The molecule has 0 radical (unpaired) electrons. The molecule has 0 bridgehead atoms. The molecule has 0 aliphatic heterocycles. The topological polar surface area (TPSA) is 64.6 Å². The lowest BCUT2D eigenvalue weighted by Crippen LogP contribution is -2.45. The van der Waals surface area contributed by atoms with Crippen LogP contribution in [0.5, 0.6) is 0 Å². The zero-order chi connectivity index (χ0) is 16.6. The molecule has 22 heavy (non-hydrogen) atoms. The first-order chi connectivity index (χ1) is 10.3. The van der Waals surface area contributed by atoms with Gasteiger partial charge < -0.3 is 19.6 Å². The van der Waals surface area contributed by atoms with Crippen LogP contribution < -0.4 is 5.32 Å². The number of rotatable bonds is 7. The summed E-state index contributed by atoms with van der Waals surface area (Å²) in [6.07, 6.45) is 0.253. The van der Waals surface area contributed by atoms with Crippen LogP contribution in [-0.2, 0) is 20.9 Å². The highest BCUT2D eigenvalue weighted by Crippen LogP contribution is 2.09. The van der Waals surface area contributed by atoms with Gasteiger partial charge in [-0.2, -0.15) is 0 Å². The minimum absolute atomic E-state index is 0.244. The van der Waals surface area contributed by atoms with Crippen LogP contribution >= 0.6 is 0 Å².